The Hall–Kier alpha value is -4.02. The highest BCUT2D eigenvalue weighted by atomic mass is 19.4. The van der Waals surface area contributed by atoms with Crippen molar-refractivity contribution in [2.45, 2.75) is 25.2 Å². The third-order valence-electron chi connectivity index (χ3n) is 5.11. The Labute approximate surface area is 189 Å². The van der Waals surface area contributed by atoms with Crippen LogP contribution in [-0.2, 0) is 11.2 Å². The number of nitrogens with zero attached hydrogens (tertiary/aromatic N) is 1. The maximum absolute atomic E-state index is 14.5. The largest absolute Gasteiger partial charge is 0.573 e. The van der Waals surface area contributed by atoms with Gasteiger partial charge in [-0.2, -0.15) is 0 Å². The molecule has 2 heterocycles. The van der Waals surface area contributed by atoms with Gasteiger partial charge in [0.2, 0.25) is 5.91 Å². The van der Waals surface area contributed by atoms with Crippen LogP contribution in [0.5, 0.6) is 5.75 Å². The van der Waals surface area contributed by atoms with Crippen LogP contribution in [0.3, 0.4) is 0 Å². The van der Waals surface area contributed by atoms with Crippen molar-refractivity contribution in [2.75, 3.05) is 5.32 Å². The fraction of sp³-hybridized carbons (Fsp3) is 0.174. The van der Waals surface area contributed by atoms with Gasteiger partial charge in [0.15, 0.2) is 11.6 Å². The summed E-state index contributed by atoms with van der Waals surface area (Å²) < 4.78 is 69.9. The summed E-state index contributed by atoms with van der Waals surface area (Å²) in [7, 11) is 0. The van der Waals surface area contributed by atoms with E-state index in [4.69, 9.17) is 0 Å². The van der Waals surface area contributed by atoms with Gasteiger partial charge in [-0.25, -0.2) is 8.78 Å². The minimum atomic E-state index is -5.10. The lowest BCUT2D eigenvalue weighted by molar-refractivity contribution is -0.275. The number of fused-ring (bicyclic) bond motifs is 1. The number of rotatable bonds is 5. The van der Waals surface area contributed by atoms with E-state index in [-0.39, 0.29) is 29.1 Å². The van der Waals surface area contributed by atoms with Crippen LogP contribution < -0.4 is 15.4 Å². The van der Waals surface area contributed by atoms with Gasteiger partial charge in [0.25, 0.3) is 5.91 Å². The number of hydrogen-bond donors (Lipinski definition) is 2. The number of hydrogen-bond acceptors (Lipinski definition) is 4. The minimum Gasteiger partial charge on any atom is -0.403 e. The molecule has 11 heteroatoms. The zero-order valence-electron chi connectivity index (χ0n) is 17.2. The quantitative estimate of drug-likeness (QED) is 0.524. The summed E-state index contributed by atoms with van der Waals surface area (Å²) >= 11 is 0. The summed E-state index contributed by atoms with van der Waals surface area (Å²) in [4.78, 5) is 28.4. The van der Waals surface area contributed by atoms with Crippen LogP contribution in [0.1, 0.15) is 39.6 Å². The maximum Gasteiger partial charge on any atom is 0.573 e. The molecule has 0 fully saturated rings. The van der Waals surface area contributed by atoms with Crippen molar-refractivity contribution >= 4 is 17.5 Å². The number of carbonyl (C=O) groups excluding carboxylic acids is 2. The topological polar surface area (TPSA) is 80.3 Å². The molecule has 0 bridgehead atoms. The predicted octanol–water partition coefficient (Wildman–Crippen LogP) is 4.66. The Bertz CT molecular complexity index is 1260. The van der Waals surface area contributed by atoms with E-state index in [0.717, 1.165) is 23.8 Å². The van der Waals surface area contributed by atoms with Crippen LogP contribution in [-0.4, -0.2) is 23.2 Å². The first-order valence-electron chi connectivity index (χ1n) is 10.00. The summed E-state index contributed by atoms with van der Waals surface area (Å²) in [5.74, 6) is -4.03. The van der Waals surface area contributed by atoms with Gasteiger partial charge in [-0.3, -0.25) is 14.6 Å². The average Bonchev–Trinajstić information content (AvgIpc) is 2.78. The van der Waals surface area contributed by atoms with Crippen molar-refractivity contribution in [2.24, 2.45) is 0 Å². The van der Waals surface area contributed by atoms with Crippen molar-refractivity contribution in [3.8, 4) is 5.75 Å². The van der Waals surface area contributed by atoms with E-state index in [0.29, 0.717) is 18.2 Å². The number of nitrogens with one attached hydrogen (secondary N) is 2. The lowest BCUT2D eigenvalue weighted by Gasteiger charge is -2.21. The summed E-state index contributed by atoms with van der Waals surface area (Å²) in [5.41, 5.74) is 1.18. The average molecular weight is 477 g/mol. The number of ether oxygens (including phenoxy) is 1. The van der Waals surface area contributed by atoms with E-state index in [1.54, 1.807) is 12.1 Å². The first kappa shape index (κ1) is 23.1. The van der Waals surface area contributed by atoms with Crippen LogP contribution in [0.15, 0.2) is 54.7 Å². The molecule has 2 N–H and O–H groups in total. The second-order valence-electron chi connectivity index (χ2n) is 7.43. The van der Waals surface area contributed by atoms with E-state index < -0.39 is 35.7 Å². The van der Waals surface area contributed by atoms with Gasteiger partial charge < -0.3 is 15.4 Å². The summed E-state index contributed by atoms with van der Waals surface area (Å²) in [6, 6.07) is 8.17. The Morgan fingerprint density at radius 1 is 1.06 bits per heavy atom. The summed E-state index contributed by atoms with van der Waals surface area (Å²) in [5, 5.41) is 5.25. The molecule has 0 radical (unpaired) electrons. The van der Waals surface area contributed by atoms with Crippen molar-refractivity contribution in [1.29, 1.82) is 0 Å². The van der Waals surface area contributed by atoms with Crippen LogP contribution in [0.2, 0.25) is 0 Å². The van der Waals surface area contributed by atoms with Crippen LogP contribution in [0.4, 0.5) is 27.6 Å². The number of aromatic nitrogens is 1. The van der Waals surface area contributed by atoms with Crippen LogP contribution in [0.25, 0.3) is 0 Å². The van der Waals surface area contributed by atoms with Crippen molar-refractivity contribution < 1.29 is 36.3 Å². The Morgan fingerprint density at radius 3 is 2.56 bits per heavy atom. The molecule has 1 aliphatic rings. The Morgan fingerprint density at radius 2 is 1.85 bits per heavy atom. The molecule has 2 amide bonds. The van der Waals surface area contributed by atoms with Gasteiger partial charge in [-0.1, -0.05) is 6.07 Å². The van der Waals surface area contributed by atoms with Gasteiger partial charge in [-0.05, 0) is 60.0 Å². The molecule has 1 aromatic heterocycles. The van der Waals surface area contributed by atoms with Gasteiger partial charge in [0.1, 0.15) is 11.5 Å². The van der Waals surface area contributed by atoms with E-state index in [1.807, 2.05) is 0 Å². The molecule has 0 saturated heterocycles. The molecule has 3 aromatic rings. The van der Waals surface area contributed by atoms with E-state index in [9.17, 15) is 31.5 Å². The summed E-state index contributed by atoms with van der Waals surface area (Å²) in [6.45, 7) is 0. The number of benzene rings is 2. The van der Waals surface area contributed by atoms with Gasteiger partial charge in [0.05, 0.1) is 6.04 Å². The highest BCUT2D eigenvalue weighted by Gasteiger charge is 2.33. The molecule has 0 saturated carbocycles. The third kappa shape index (κ3) is 5.13. The number of amides is 2. The second kappa shape index (κ2) is 9.08. The minimum absolute atomic E-state index is 0.0526. The Balaban J connectivity index is 1.67. The van der Waals surface area contributed by atoms with Crippen molar-refractivity contribution in [3.63, 3.8) is 0 Å². The van der Waals surface area contributed by atoms with Gasteiger partial charge >= 0.3 is 6.36 Å². The monoisotopic (exact) mass is 477 g/mol. The molecular weight excluding hydrogens is 461 g/mol. The highest BCUT2D eigenvalue weighted by molar-refractivity contribution is 5.98. The lowest BCUT2D eigenvalue weighted by Crippen LogP contribution is -2.31. The number of anilines is 1. The zero-order valence-corrected chi connectivity index (χ0v) is 17.2. The van der Waals surface area contributed by atoms with Gasteiger partial charge in [0, 0.05) is 23.9 Å². The molecule has 0 aliphatic carbocycles. The number of alkyl halides is 3. The molecule has 176 valence electrons. The molecule has 4 rings (SSSR count). The molecule has 1 aliphatic heterocycles. The molecule has 0 spiro atoms. The van der Waals surface area contributed by atoms with Crippen molar-refractivity contribution in [1.82, 2.24) is 10.3 Å². The molecule has 1 atom stereocenters. The van der Waals surface area contributed by atoms with Crippen molar-refractivity contribution in [3.05, 3.63) is 88.7 Å². The number of carbonyl (C=O) groups is 2. The van der Waals surface area contributed by atoms with E-state index in [2.05, 4.69) is 20.4 Å². The normalized spacial score (nSPS) is 14.1. The lowest BCUT2D eigenvalue weighted by atomic mass is 9.98. The van der Waals surface area contributed by atoms with Gasteiger partial charge in [-0.15, -0.1) is 13.2 Å². The number of halogens is 5. The van der Waals surface area contributed by atoms with Crippen LogP contribution >= 0.6 is 0 Å². The zero-order chi connectivity index (χ0) is 24.5. The highest BCUT2D eigenvalue weighted by Crippen LogP contribution is 2.31. The Kier molecular flexibility index (Phi) is 6.18. The fourth-order valence-corrected chi connectivity index (χ4v) is 3.56. The summed E-state index contributed by atoms with van der Waals surface area (Å²) in [6.07, 6.45) is -3.16. The molecular formula is C23H16F5N3O3. The van der Waals surface area contributed by atoms with E-state index in [1.165, 1.54) is 18.3 Å². The number of aryl methyl sites for hydroxylation is 1. The number of pyridine rings is 1. The third-order valence-corrected chi connectivity index (χ3v) is 5.11. The molecule has 34 heavy (non-hydrogen) atoms. The predicted molar refractivity (Wildman–Crippen MR) is 110 cm³/mol. The maximum atomic E-state index is 14.5. The first-order valence-corrected chi connectivity index (χ1v) is 10.00. The second-order valence-corrected chi connectivity index (χ2v) is 7.43. The molecule has 1 unspecified atom stereocenters. The molecule has 6 nitrogen and oxygen atoms in total. The fourth-order valence-electron chi connectivity index (χ4n) is 3.56. The van der Waals surface area contributed by atoms with E-state index >= 15 is 0 Å². The standard InChI is InChI=1S/C23H16F5N3O3/c24-15-2-1-9-29-21(15)20(13-4-7-18(16(25)11-13)34-23(26,27)28)31-22(33)14-3-6-17-12(10-14)5-8-19(32)30-17/h1-4,6-7,9-11,20H,5,8H2,(H,30,32)(H,31,33). The SMILES string of the molecule is O=C1CCc2cc(C(=O)NC(c3ccc(OC(F)(F)F)c(F)c3)c3ncccc3F)ccc2N1. The van der Waals surface area contributed by atoms with Crippen LogP contribution in [0, 0.1) is 11.6 Å². The molecule has 2 aromatic carbocycles. The smallest absolute Gasteiger partial charge is 0.403 e. The first-order chi connectivity index (χ1) is 16.1.